The summed E-state index contributed by atoms with van der Waals surface area (Å²) < 4.78 is 38.7. The molecule has 1 saturated carbocycles. The van der Waals surface area contributed by atoms with E-state index in [2.05, 4.69) is 5.32 Å². The summed E-state index contributed by atoms with van der Waals surface area (Å²) in [6, 6.07) is 0. The zero-order valence-electron chi connectivity index (χ0n) is 13.8. The van der Waals surface area contributed by atoms with E-state index in [1.807, 2.05) is 0 Å². The lowest BCUT2D eigenvalue weighted by atomic mass is 9.87. The van der Waals surface area contributed by atoms with Crippen LogP contribution in [0.25, 0.3) is 0 Å². The van der Waals surface area contributed by atoms with Gasteiger partial charge in [-0.25, -0.2) is 0 Å². The lowest BCUT2D eigenvalue weighted by molar-refractivity contribution is -0.188. The fourth-order valence-corrected chi connectivity index (χ4v) is 3.60. The maximum Gasteiger partial charge on any atom is 0.394 e. The number of halogens is 3. The number of likely N-dealkylation sites (tertiary alicyclic amines) is 1. The highest BCUT2D eigenvalue weighted by Crippen LogP contribution is 2.37. The van der Waals surface area contributed by atoms with Gasteiger partial charge in [-0.05, 0) is 18.8 Å². The molecule has 1 saturated heterocycles. The molecule has 2 atom stereocenters. The second-order valence-electron chi connectivity index (χ2n) is 6.88. The molecular formula is C16H23F3N2O4. The van der Waals surface area contributed by atoms with Crippen molar-refractivity contribution < 1.29 is 32.7 Å². The summed E-state index contributed by atoms with van der Waals surface area (Å²) >= 11 is 0. The molecule has 2 amide bonds. The molecule has 0 spiro atoms. The van der Waals surface area contributed by atoms with Gasteiger partial charge >= 0.3 is 12.1 Å². The van der Waals surface area contributed by atoms with Gasteiger partial charge in [0.25, 0.3) is 0 Å². The van der Waals surface area contributed by atoms with Gasteiger partial charge in [0.1, 0.15) is 0 Å². The van der Waals surface area contributed by atoms with E-state index >= 15 is 0 Å². The van der Waals surface area contributed by atoms with Crippen LogP contribution < -0.4 is 5.32 Å². The van der Waals surface area contributed by atoms with Crippen molar-refractivity contribution >= 4 is 17.8 Å². The van der Waals surface area contributed by atoms with Crippen LogP contribution in [0.1, 0.15) is 38.5 Å². The molecular weight excluding hydrogens is 341 g/mol. The fraction of sp³-hybridized carbons (Fsp3) is 0.812. The van der Waals surface area contributed by atoms with Crippen LogP contribution in [-0.4, -0.2) is 53.6 Å². The van der Waals surface area contributed by atoms with Crippen LogP contribution >= 0.6 is 0 Å². The molecule has 25 heavy (non-hydrogen) atoms. The second kappa shape index (κ2) is 8.05. The molecule has 1 aliphatic carbocycles. The lowest BCUT2D eigenvalue weighted by Crippen LogP contribution is -2.40. The van der Waals surface area contributed by atoms with Crippen molar-refractivity contribution in [3.8, 4) is 0 Å². The molecule has 2 fully saturated rings. The topological polar surface area (TPSA) is 86.7 Å². The third-order valence-corrected chi connectivity index (χ3v) is 5.05. The van der Waals surface area contributed by atoms with Crippen LogP contribution in [0.3, 0.4) is 0 Å². The number of carbonyl (C=O) groups excluding carboxylic acids is 2. The molecule has 9 heteroatoms. The third-order valence-electron chi connectivity index (χ3n) is 5.05. The highest BCUT2D eigenvalue weighted by molar-refractivity contribution is 5.85. The van der Waals surface area contributed by atoms with Gasteiger partial charge in [0.2, 0.25) is 11.8 Å². The molecule has 0 aromatic carbocycles. The summed E-state index contributed by atoms with van der Waals surface area (Å²) in [4.78, 5) is 35.8. The normalized spacial score (nSPS) is 25.0. The minimum absolute atomic E-state index is 0.290. The van der Waals surface area contributed by atoms with Crippen molar-refractivity contribution in [2.24, 2.45) is 17.8 Å². The number of hydrogen-bond acceptors (Lipinski definition) is 3. The summed E-state index contributed by atoms with van der Waals surface area (Å²) in [6.07, 6.45) is 0.914. The van der Waals surface area contributed by atoms with Crippen molar-refractivity contribution in [2.45, 2.75) is 44.7 Å². The Morgan fingerprint density at radius 2 is 1.72 bits per heavy atom. The number of nitrogens with one attached hydrogen (secondary N) is 1. The van der Waals surface area contributed by atoms with E-state index in [0.717, 1.165) is 37.0 Å². The highest BCUT2D eigenvalue weighted by atomic mass is 19.4. The van der Waals surface area contributed by atoms with Crippen molar-refractivity contribution in [1.82, 2.24) is 10.2 Å². The van der Waals surface area contributed by atoms with Gasteiger partial charge < -0.3 is 15.3 Å². The summed E-state index contributed by atoms with van der Waals surface area (Å²) in [6.45, 7) is -1.57. The predicted octanol–water partition coefficient (Wildman–Crippen LogP) is 1.79. The van der Waals surface area contributed by atoms with Gasteiger partial charge in [0, 0.05) is 19.5 Å². The SMILES string of the molecule is O=C(CC1CCCCC1)NCC(=O)N1C[C@@H](C(F)(F)F)[C@H](C(=O)O)C1. The van der Waals surface area contributed by atoms with Crippen molar-refractivity contribution in [3.05, 3.63) is 0 Å². The number of amides is 2. The molecule has 2 aliphatic rings. The third kappa shape index (κ3) is 5.34. The second-order valence-corrected chi connectivity index (χ2v) is 6.88. The number of rotatable bonds is 5. The quantitative estimate of drug-likeness (QED) is 0.779. The van der Waals surface area contributed by atoms with Gasteiger partial charge in [0.05, 0.1) is 18.4 Å². The minimum Gasteiger partial charge on any atom is -0.481 e. The zero-order valence-corrected chi connectivity index (χ0v) is 13.8. The van der Waals surface area contributed by atoms with Crippen LogP contribution in [0.2, 0.25) is 0 Å². The fourth-order valence-electron chi connectivity index (χ4n) is 3.60. The van der Waals surface area contributed by atoms with Crippen LogP contribution in [0.4, 0.5) is 13.2 Å². The van der Waals surface area contributed by atoms with Gasteiger partial charge in [-0.1, -0.05) is 19.3 Å². The van der Waals surface area contributed by atoms with Crippen LogP contribution in [-0.2, 0) is 14.4 Å². The number of carboxylic acids is 1. The van der Waals surface area contributed by atoms with E-state index in [-0.39, 0.29) is 5.91 Å². The molecule has 2 N–H and O–H groups in total. The lowest BCUT2D eigenvalue weighted by Gasteiger charge is -2.21. The number of carbonyl (C=O) groups is 3. The Bertz CT molecular complexity index is 518. The molecule has 0 radical (unpaired) electrons. The van der Waals surface area contributed by atoms with E-state index in [0.29, 0.717) is 12.3 Å². The molecule has 0 aromatic rings. The Morgan fingerprint density at radius 1 is 1.08 bits per heavy atom. The Balaban J connectivity index is 1.82. The van der Waals surface area contributed by atoms with E-state index in [9.17, 15) is 27.6 Å². The monoisotopic (exact) mass is 364 g/mol. The molecule has 0 aromatic heterocycles. The minimum atomic E-state index is -4.68. The summed E-state index contributed by atoms with van der Waals surface area (Å²) in [7, 11) is 0. The maximum atomic E-state index is 12.9. The average Bonchev–Trinajstić information content (AvgIpc) is 2.99. The Hall–Kier alpha value is -1.80. The Kier molecular flexibility index (Phi) is 6.29. The van der Waals surface area contributed by atoms with Gasteiger partial charge in [-0.2, -0.15) is 13.2 Å². The molecule has 2 rings (SSSR count). The first-order valence-corrected chi connectivity index (χ1v) is 8.52. The maximum absolute atomic E-state index is 12.9. The standard InChI is InChI=1S/C16H23F3N2O4/c17-16(18,19)12-9-21(8-11(12)15(24)25)14(23)7-20-13(22)6-10-4-2-1-3-5-10/h10-12H,1-9H2,(H,20,22)(H,24,25)/t11-,12-/m1/s1. The molecule has 6 nitrogen and oxygen atoms in total. The smallest absolute Gasteiger partial charge is 0.394 e. The molecule has 142 valence electrons. The zero-order chi connectivity index (χ0) is 18.6. The van der Waals surface area contributed by atoms with Crippen LogP contribution in [0.15, 0.2) is 0 Å². The Labute approximate surface area is 143 Å². The van der Waals surface area contributed by atoms with Gasteiger partial charge in [-0.3, -0.25) is 14.4 Å². The first kappa shape index (κ1) is 19.5. The number of nitrogens with zero attached hydrogens (tertiary/aromatic N) is 1. The first-order chi connectivity index (χ1) is 11.7. The summed E-state index contributed by atoms with van der Waals surface area (Å²) in [5, 5.41) is 11.4. The van der Waals surface area contributed by atoms with Crippen molar-refractivity contribution in [2.75, 3.05) is 19.6 Å². The number of aliphatic carboxylic acids is 1. The average molecular weight is 364 g/mol. The molecule has 0 unspecified atom stereocenters. The van der Waals surface area contributed by atoms with Crippen molar-refractivity contribution in [1.29, 1.82) is 0 Å². The summed E-state index contributed by atoms with van der Waals surface area (Å²) in [5.41, 5.74) is 0. The molecule has 1 heterocycles. The van der Waals surface area contributed by atoms with Gasteiger partial charge in [-0.15, -0.1) is 0 Å². The van der Waals surface area contributed by atoms with E-state index < -0.39 is 49.5 Å². The first-order valence-electron chi connectivity index (χ1n) is 8.52. The van der Waals surface area contributed by atoms with Crippen LogP contribution in [0, 0.1) is 17.8 Å². The van der Waals surface area contributed by atoms with Crippen molar-refractivity contribution in [3.63, 3.8) is 0 Å². The highest BCUT2D eigenvalue weighted by Gasteiger charge is 2.53. The van der Waals surface area contributed by atoms with E-state index in [4.69, 9.17) is 5.11 Å². The molecule has 0 bridgehead atoms. The predicted molar refractivity (Wildman–Crippen MR) is 81.5 cm³/mol. The van der Waals surface area contributed by atoms with E-state index in [1.165, 1.54) is 0 Å². The van der Waals surface area contributed by atoms with Crippen LogP contribution in [0.5, 0.6) is 0 Å². The number of alkyl halides is 3. The van der Waals surface area contributed by atoms with E-state index in [1.54, 1.807) is 0 Å². The number of carboxylic acid groups (broad SMARTS) is 1. The Morgan fingerprint density at radius 3 is 2.24 bits per heavy atom. The number of hydrogen-bond donors (Lipinski definition) is 2. The van der Waals surface area contributed by atoms with Gasteiger partial charge in [0.15, 0.2) is 0 Å². The molecule has 1 aliphatic heterocycles. The summed E-state index contributed by atoms with van der Waals surface area (Å²) in [5.74, 6) is -5.99. The largest absolute Gasteiger partial charge is 0.481 e.